The van der Waals surface area contributed by atoms with Gasteiger partial charge in [-0.3, -0.25) is 4.98 Å². The van der Waals surface area contributed by atoms with Crippen LogP contribution in [0.2, 0.25) is 0 Å². The number of nitrogens with zero attached hydrogens (tertiary/aromatic N) is 2. The molecular formula is C17H25N3. The number of hydrogen-bond acceptors (Lipinski definition) is 3. The summed E-state index contributed by atoms with van der Waals surface area (Å²) in [5.41, 5.74) is 2.34. The van der Waals surface area contributed by atoms with E-state index in [4.69, 9.17) is 0 Å². The second-order valence-electron chi connectivity index (χ2n) is 5.12. The van der Waals surface area contributed by atoms with Crippen molar-refractivity contribution in [2.45, 2.75) is 26.3 Å². The first-order valence-electron chi connectivity index (χ1n) is 7.52. The minimum atomic E-state index is 0.368. The minimum absolute atomic E-state index is 0.368. The summed E-state index contributed by atoms with van der Waals surface area (Å²) in [6.07, 6.45) is 3.12. The summed E-state index contributed by atoms with van der Waals surface area (Å²) in [5, 5.41) is 4.64. The number of aromatic nitrogens is 1. The van der Waals surface area contributed by atoms with Crippen LogP contribution >= 0.6 is 0 Å². The second kappa shape index (κ2) is 7.36. The molecule has 1 unspecified atom stereocenters. The highest BCUT2D eigenvalue weighted by Crippen LogP contribution is 2.20. The van der Waals surface area contributed by atoms with Gasteiger partial charge < -0.3 is 10.2 Å². The van der Waals surface area contributed by atoms with Crippen LogP contribution in [-0.4, -0.2) is 36.6 Å². The summed E-state index contributed by atoms with van der Waals surface area (Å²) in [6, 6.07) is 10.9. The monoisotopic (exact) mass is 271 g/mol. The molecular weight excluding hydrogens is 246 g/mol. The molecule has 3 nitrogen and oxygen atoms in total. The Kier molecular flexibility index (Phi) is 5.50. The topological polar surface area (TPSA) is 28.2 Å². The first-order chi connectivity index (χ1) is 9.78. The number of benzene rings is 1. The van der Waals surface area contributed by atoms with E-state index >= 15 is 0 Å². The number of hydrogen-bond donors (Lipinski definition) is 1. The molecule has 2 aromatic rings. The highest BCUT2D eigenvalue weighted by atomic mass is 15.1. The molecule has 1 aromatic heterocycles. The van der Waals surface area contributed by atoms with Crippen LogP contribution in [0.3, 0.4) is 0 Å². The van der Waals surface area contributed by atoms with Crippen LogP contribution in [0, 0.1) is 0 Å². The normalized spacial score (nSPS) is 13.0. The van der Waals surface area contributed by atoms with Crippen LogP contribution in [0.15, 0.2) is 36.5 Å². The summed E-state index contributed by atoms with van der Waals surface area (Å²) in [6.45, 7) is 7.78. The molecule has 108 valence electrons. The van der Waals surface area contributed by atoms with Gasteiger partial charge in [0.2, 0.25) is 0 Å². The Morgan fingerprint density at radius 3 is 2.65 bits per heavy atom. The Morgan fingerprint density at radius 2 is 1.95 bits per heavy atom. The van der Waals surface area contributed by atoms with E-state index in [1.807, 2.05) is 19.3 Å². The average Bonchev–Trinajstić information content (AvgIpc) is 2.51. The van der Waals surface area contributed by atoms with Gasteiger partial charge in [0, 0.05) is 17.6 Å². The summed E-state index contributed by atoms with van der Waals surface area (Å²) in [4.78, 5) is 7.02. The van der Waals surface area contributed by atoms with Crippen molar-refractivity contribution in [2.75, 3.05) is 26.7 Å². The van der Waals surface area contributed by atoms with E-state index in [0.717, 1.165) is 31.6 Å². The maximum absolute atomic E-state index is 4.56. The molecule has 0 amide bonds. The number of nitrogens with one attached hydrogen (secondary N) is 1. The Hall–Kier alpha value is -1.45. The maximum atomic E-state index is 4.56. The number of pyridine rings is 1. The van der Waals surface area contributed by atoms with Gasteiger partial charge in [0.05, 0.1) is 5.52 Å². The van der Waals surface area contributed by atoms with E-state index in [9.17, 15) is 0 Å². The fourth-order valence-corrected chi connectivity index (χ4v) is 2.61. The van der Waals surface area contributed by atoms with Crippen molar-refractivity contribution in [2.24, 2.45) is 0 Å². The summed E-state index contributed by atoms with van der Waals surface area (Å²) in [5.74, 6) is 0. The van der Waals surface area contributed by atoms with Gasteiger partial charge in [-0.25, -0.2) is 0 Å². The minimum Gasteiger partial charge on any atom is -0.313 e. The van der Waals surface area contributed by atoms with Crippen molar-refractivity contribution in [1.29, 1.82) is 0 Å². The van der Waals surface area contributed by atoms with Gasteiger partial charge in [0.1, 0.15) is 0 Å². The van der Waals surface area contributed by atoms with Crippen LogP contribution in [-0.2, 0) is 0 Å². The molecule has 0 aliphatic rings. The smallest absolute Gasteiger partial charge is 0.0702 e. The predicted octanol–water partition coefficient (Wildman–Crippen LogP) is 3.23. The zero-order chi connectivity index (χ0) is 14.4. The predicted molar refractivity (Wildman–Crippen MR) is 85.9 cm³/mol. The van der Waals surface area contributed by atoms with Crippen LogP contribution in [0.25, 0.3) is 10.9 Å². The van der Waals surface area contributed by atoms with Crippen molar-refractivity contribution in [3.05, 3.63) is 42.1 Å². The Bertz CT molecular complexity index is 535. The van der Waals surface area contributed by atoms with Crippen molar-refractivity contribution >= 4 is 10.9 Å². The van der Waals surface area contributed by atoms with E-state index in [2.05, 4.69) is 53.3 Å². The zero-order valence-electron chi connectivity index (χ0n) is 12.8. The lowest BCUT2D eigenvalue weighted by Crippen LogP contribution is -2.28. The lowest BCUT2D eigenvalue weighted by Gasteiger charge is -2.22. The van der Waals surface area contributed by atoms with Gasteiger partial charge >= 0.3 is 0 Å². The third-order valence-electron chi connectivity index (χ3n) is 3.99. The van der Waals surface area contributed by atoms with Gasteiger partial charge in [0.15, 0.2) is 0 Å². The first kappa shape index (κ1) is 14.9. The van der Waals surface area contributed by atoms with Gasteiger partial charge in [-0.2, -0.15) is 0 Å². The Balaban J connectivity index is 2.12. The molecule has 0 spiro atoms. The molecule has 1 heterocycles. The van der Waals surface area contributed by atoms with Crippen LogP contribution in [0.1, 0.15) is 31.9 Å². The van der Waals surface area contributed by atoms with Crippen molar-refractivity contribution in [3.8, 4) is 0 Å². The third kappa shape index (κ3) is 3.56. The Morgan fingerprint density at radius 1 is 1.20 bits per heavy atom. The SMILES string of the molecule is CCN(CC)CCC(NC)c1cnc2ccccc2c1. The fourth-order valence-electron chi connectivity index (χ4n) is 2.61. The molecule has 0 saturated heterocycles. The molecule has 2 rings (SSSR count). The van der Waals surface area contributed by atoms with Gasteiger partial charge in [0.25, 0.3) is 0 Å². The fraction of sp³-hybridized carbons (Fsp3) is 0.471. The molecule has 0 saturated carbocycles. The van der Waals surface area contributed by atoms with Crippen molar-refractivity contribution in [3.63, 3.8) is 0 Å². The Labute approximate surface area is 122 Å². The summed E-state index contributed by atoms with van der Waals surface area (Å²) >= 11 is 0. The molecule has 3 heteroatoms. The quantitative estimate of drug-likeness (QED) is 0.838. The van der Waals surface area contributed by atoms with Crippen molar-refractivity contribution in [1.82, 2.24) is 15.2 Å². The van der Waals surface area contributed by atoms with Gasteiger partial charge in [-0.05, 0) is 50.8 Å². The molecule has 1 N–H and O–H groups in total. The van der Waals surface area contributed by atoms with Crippen LogP contribution in [0.5, 0.6) is 0 Å². The molecule has 1 atom stereocenters. The van der Waals surface area contributed by atoms with E-state index in [0.29, 0.717) is 6.04 Å². The van der Waals surface area contributed by atoms with E-state index < -0.39 is 0 Å². The number of fused-ring (bicyclic) bond motifs is 1. The molecule has 0 aliphatic heterocycles. The third-order valence-corrected chi connectivity index (χ3v) is 3.99. The lowest BCUT2D eigenvalue weighted by atomic mass is 10.0. The van der Waals surface area contributed by atoms with E-state index in [1.165, 1.54) is 10.9 Å². The summed E-state index contributed by atoms with van der Waals surface area (Å²) < 4.78 is 0. The average molecular weight is 271 g/mol. The second-order valence-corrected chi connectivity index (χ2v) is 5.12. The summed E-state index contributed by atoms with van der Waals surface area (Å²) in [7, 11) is 2.03. The maximum Gasteiger partial charge on any atom is 0.0702 e. The standard InChI is InChI=1S/C17H25N3/c1-4-20(5-2)11-10-16(18-3)15-12-14-8-6-7-9-17(14)19-13-15/h6-9,12-13,16,18H,4-5,10-11H2,1-3H3. The van der Waals surface area contributed by atoms with Crippen LogP contribution < -0.4 is 5.32 Å². The lowest BCUT2D eigenvalue weighted by molar-refractivity contribution is 0.284. The molecule has 1 aromatic carbocycles. The molecule has 20 heavy (non-hydrogen) atoms. The molecule has 0 radical (unpaired) electrons. The van der Waals surface area contributed by atoms with E-state index in [-0.39, 0.29) is 0 Å². The number of para-hydroxylation sites is 1. The van der Waals surface area contributed by atoms with Gasteiger partial charge in [-0.1, -0.05) is 32.0 Å². The highest BCUT2D eigenvalue weighted by molar-refractivity contribution is 5.78. The first-order valence-corrected chi connectivity index (χ1v) is 7.52. The number of rotatable bonds is 7. The zero-order valence-corrected chi connectivity index (χ0v) is 12.8. The molecule has 0 aliphatic carbocycles. The molecule has 0 fully saturated rings. The molecule has 0 bridgehead atoms. The largest absolute Gasteiger partial charge is 0.313 e. The van der Waals surface area contributed by atoms with E-state index in [1.54, 1.807) is 0 Å². The van der Waals surface area contributed by atoms with Gasteiger partial charge in [-0.15, -0.1) is 0 Å². The highest BCUT2D eigenvalue weighted by Gasteiger charge is 2.11. The van der Waals surface area contributed by atoms with Crippen molar-refractivity contribution < 1.29 is 0 Å². The van der Waals surface area contributed by atoms with Crippen LogP contribution in [0.4, 0.5) is 0 Å².